The van der Waals surface area contributed by atoms with Crippen LogP contribution in [0.2, 0.25) is 0 Å². The molecule has 1 heterocycles. The van der Waals surface area contributed by atoms with Gasteiger partial charge in [0.1, 0.15) is 10.7 Å². The molecule has 0 spiro atoms. The molecule has 6 heteroatoms. The zero-order chi connectivity index (χ0) is 14.4. The summed E-state index contributed by atoms with van der Waals surface area (Å²) in [6.07, 6.45) is 3.34. The van der Waals surface area contributed by atoms with Crippen LogP contribution in [0.25, 0.3) is 0 Å². The van der Waals surface area contributed by atoms with Crippen LogP contribution in [-0.4, -0.2) is 31.5 Å². The zero-order valence-corrected chi connectivity index (χ0v) is 13.0. The van der Waals surface area contributed by atoms with Gasteiger partial charge in [-0.1, -0.05) is 38.0 Å². The highest BCUT2D eigenvalue weighted by atomic mass is 32.1. The van der Waals surface area contributed by atoms with Gasteiger partial charge < -0.3 is 16.0 Å². The molecule has 0 saturated heterocycles. The van der Waals surface area contributed by atoms with Crippen molar-refractivity contribution in [1.29, 1.82) is 0 Å². The molecule has 108 valence electrons. The molecule has 0 radical (unpaired) electrons. The zero-order valence-electron chi connectivity index (χ0n) is 12.2. The number of nitrogen functional groups attached to an aromatic ring is 1. The number of hydrogen-bond acceptors (Lipinski definition) is 5. The van der Waals surface area contributed by atoms with Gasteiger partial charge in [-0.25, -0.2) is 4.98 Å². The van der Waals surface area contributed by atoms with E-state index in [1.165, 1.54) is 17.8 Å². The molecule has 0 atom stereocenters. The third-order valence-electron chi connectivity index (χ3n) is 2.72. The van der Waals surface area contributed by atoms with E-state index in [2.05, 4.69) is 24.1 Å². The van der Waals surface area contributed by atoms with E-state index >= 15 is 0 Å². The van der Waals surface area contributed by atoms with Crippen molar-refractivity contribution in [3.63, 3.8) is 0 Å². The lowest BCUT2D eigenvalue weighted by molar-refractivity contribution is 0.0957. The lowest BCUT2D eigenvalue weighted by atomic mass is 10.1. The van der Waals surface area contributed by atoms with Crippen molar-refractivity contribution in [1.82, 2.24) is 10.3 Å². The van der Waals surface area contributed by atoms with E-state index < -0.39 is 0 Å². The summed E-state index contributed by atoms with van der Waals surface area (Å²) in [6, 6.07) is 0. The Morgan fingerprint density at radius 3 is 2.63 bits per heavy atom. The number of aromatic nitrogens is 1. The Labute approximate surface area is 119 Å². The molecule has 1 amide bonds. The van der Waals surface area contributed by atoms with Crippen LogP contribution in [0.1, 0.15) is 42.8 Å². The van der Waals surface area contributed by atoms with Crippen LogP contribution in [0.5, 0.6) is 0 Å². The minimum Gasteiger partial charge on any atom is -0.382 e. The summed E-state index contributed by atoms with van der Waals surface area (Å²) in [6.45, 7) is 5.11. The van der Waals surface area contributed by atoms with Gasteiger partial charge in [-0.05, 0) is 12.3 Å². The number of unbranched alkanes of at least 4 members (excludes halogenated alkanes) is 1. The molecule has 1 aromatic rings. The third-order valence-corrected chi connectivity index (χ3v) is 3.96. The summed E-state index contributed by atoms with van der Waals surface area (Å²) in [4.78, 5) is 18.5. The molecule has 0 saturated carbocycles. The number of nitrogens with two attached hydrogens (primary N) is 1. The fourth-order valence-electron chi connectivity index (χ4n) is 1.63. The Bertz CT molecular complexity index is 415. The number of nitrogens with one attached hydrogen (secondary N) is 1. The van der Waals surface area contributed by atoms with Gasteiger partial charge in [0.2, 0.25) is 0 Å². The summed E-state index contributed by atoms with van der Waals surface area (Å²) in [5, 5.41) is 3.65. The summed E-state index contributed by atoms with van der Waals surface area (Å²) in [5.74, 6) is 0.913. The third kappa shape index (κ3) is 5.06. The number of amides is 1. The highest BCUT2D eigenvalue weighted by molar-refractivity contribution is 7.18. The standard InChI is InChI=1S/C13H24N4OS/c1-9(2)7-5-6-8-15-12(18)10-11(14)16-13(19-10)17(3)4/h9H,5-8,14H2,1-4H3,(H,15,18). The first-order valence-corrected chi connectivity index (χ1v) is 7.45. The van der Waals surface area contributed by atoms with Crippen LogP contribution < -0.4 is 16.0 Å². The second-order valence-corrected chi connectivity index (χ2v) is 6.23. The average molecular weight is 284 g/mol. The topological polar surface area (TPSA) is 71.2 Å². The Balaban J connectivity index is 2.41. The predicted molar refractivity (Wildman–Crippen MR) is 81.9 cm³/mol. The van der Waals surface area contributed by atoms with Crippen molar-refractivity contribution in [3.8, 4) is 0 Å². The SMILES string of the molecule is CC(C)CCCCNC(=O)c1sc(N(C)C)nc1N. The van der Waals surface area contributed by atoms with Crippen LogP contribution >= 0.6 is 11.3 Å². The van der Waals surface area contributed by atoms with E-state index in [0.29, 0.717) is 17.2 Å². The molecule has 3 N–H and O–H groups in total. The maximum Gasteiger partial charge on any atom is 0.265 e. The fourth-order valence-corrected chi connectivity index (χ4v) is 2.46. The van der Waals surface area contributed by atoms with Crippen LogP contribution in [0.3, 0.4) is 0 Å². The second kappa shape index (κ2) is 7.33. The lowest BCUT2D eigenvalue weighted by Gasteiger charge is -2.06. The molecule has 0 unspecified atom stereocenters. The normalized spacial score (nSPS) is 10.8. The number of carbonyl (C=O) groups excluding carboxylic acids is 1. The first-order chi connectivity index (χ1) is 8.91. The van der Waals surface area contributed by atoms with E-state index in [-0.39, 0.29) is 5.91 Å². The first-order valence-electron chi connectivity index (χ1n) is 6.63. The largest absolute Gasteiger partial charge is 0.382 e. The van der Waals surface area contributed by atoms with Crippen molar-refractivity contribution >= 4 is 28.2 Å². The number of nitrogens with zero attached hydrogens (tertiary/aromatic N) is 2. The summed E-state index contributed by atoms with van der Waals surface area (Å²) >= 11 is 1.32. The Hall–Kier alpha value is -1.30. The van der Waals surface area contributed by atoms with Gasteiger partial charge in [-0.2, -0.15) is 0 Å². The molecule has 1 rings (SSSR count). The molecule has 5 nitrogen and oxygen atoms in total. The summed E-state index contributed by atoms with van der Waals surface area (Å²) in [7, 11) is 3.76. The quantitative estimate of drug-likeness (QED) is 0.754. The monoisotopic (exact) mass is 284 g/mol. The Kier molecular flexibility index (Phi) is 6.08. The number of rotatable bonds is 7. The molecule has 0 fully saturated rings. The molecule has 0 aliphatic carbocycles. The fraction of sp³-hybridized carbons (Fsp3) is 0.692. The maximum atomic E-state index is 12.0. The van der Waals surface area contributed by atoms with Crippen molar-refractivity contribution in [2.45, 2.75) is 33.1 Å². The highest BCUT2D eigenvalue weighted by Crippen LogP contribution is 2.26. The number of thiazole rings is 1. The highest BCUT2D eigenvalue weighted by Gasteiger charge is 2.16. The van der Waals surface area contributed by atoms with Gasteiger partial charge in [0.15, 0.2) is 5.13 Å². The molecule has 0 aliphatic heterocycles. The smallest absolute Gasteiger partial charge is 0.265 e. The van der Waals surface area contributed by atoms with Gasteiger partial charge in [-0.15, -0.1) is 0 Å². The van der Waals surface area contributed by atoms with E-state index in [1.807, 2.05) is 19.0 Å². The molecule has 0 aromatic carbocycles. The van der Waals surface area contributed by atoms with E-state index in [9.17, 15) is 4.79 Å². The Morgan fingerprint density at radius 2 is 2.11 bits per heavy atom. The van der Waals surface area contributed by atoms with Gasteiger partial charge >= 0.3 is 0 Å². The molecule has 0 bridgehead atoms. The summed E-state index contributed by atoms with van der Waals surface area (Å²) in [5.41, 5.74) is 5.76. The molecular weight excluding hydrogens is 260 g/mol. The van der Waals surface area contributed by atoms with Crippen LogP contribution in [-0.2, 0) is 0 Å². The molecule has 0 aliphatic rings. The molecule has 1 aromatic heterocycles. The summed E-state index contributed by atoms with van der Waals surface area (Å²) < 4.78 is 0. The van der Waals surface area contributed by atoms with Crippen molar-refractivity contribution in [3.05, 3.63) is 4.88 Å². The van der Waals surface area contributed by atoms with E-state index in [0.717, 1.165) is 23.9 Å². The number of carbonyl (C=O) groups is 1. The Morgan fingerprint density at radius 1 is 1.42 bits per heavy atom. The minimum atomic E-state index is -0.118. The molecular formula is C13H24N4OS. The van der Waals surface area contributed by atoms with Crippen LogP contribution in [0, 0.1) is 5.92 Å². The predicted octanol–water partition coefficient (Wildman–Crippen LogP) is 2.35. The first kappa shape index (κ1) is 15.8. The van der Waals surface area contributed by atoms with Gasteiger partial charge in [-0.3, -0.25) is 4.79 Å². The second-order valence-electron chi connectivity index (χ2n) is 5.25. The number of anilines is 2. The minimum absolute atomic E-state index is 0.118. The molecule has 19 heavy (non-hydrogen) atoms. The van der Waals surface area contributed by atoms with Crippen LogP contribution in [0.4, 0.5) is 10.9 Å². The van der Waals surface area contributed by atoms with Gasteiger partial charge in [0.25, 0.3) is 5.91 Å². The van der Waals surface area contributed by atoms with Crippen molar-refractivity contribution in [2.75, 3.05) is 31.3 Å². The van der Waals surface area contributed by atoms with Gasteiger partial charge in [0, 0.05) is 20.6 Å². The van der Waals surface area contributed by atoms with Gasteiger partial charge in [0.05, 0.1) is 0 Å². The maximum absolute atomic E-state index is 12.0. The van der Waals surface area contributed by atoms with Crippen molar-refractivity contribution < 1.29 is 4.79 Å². The van der Waals surface area contributed by atoms with E-state index in [1.54, 1.807) is 0 Å². The number of hydrogen-bond donors (Lipinski definition) is 2. The van der Waals surface area contributed by atoms with E-state index in [4.69, 9.17) is 5.73 Å². The average Bonchev–Trinajstić information content (AvgIpc) is 2.70. The lowest BCUT2D eigenvalue weighted by Crippen LogP contribution is -2.24. The van der Waals surface area contributed by atoms with Crippen LogP contribution in [0.15, 0.2) is 0 Å². The van der Waals surface area contributed by atoms with Crippen molar-refractivity contribution in [2.24, 2.45) is 5.92 Å².